The molecule has 260 valence electrons. The highest BCUT2D eigenvalue weighted by Crippen LogP contribution is 2.52. The zero-order chi connectivity index (χ0) is 35.4. The number of nitrogens with zero attached hydrogens (tertiary/aromatic N) is 1. The van der Waals surface area contributed by atoms with Crippen LogP contribution in [0.3, 0.4) is 0 Å². The summed E-state index contributed by atoms with van der Waals surface area (Å²) in [5.74, 6) is -2.99. The fraction of sp³-hybridized carbons (Fsp3) is 0.364. The van der Waals surface area contributed by atoms with Crippen LogP contribution in [0.2, 0.25) is 0 Å². The summed E-state index contributed by atoms with van der Waals surface area (Å²) >= 11 is 0. The number of rotatable bonds is 8. The summed E-state index contributed by atoms with van der Waals surface area (Å²) in [6, 6.07) is 10.8. The van der Waals surface area contributed by atoms with Gasteiger partial charge in [0.05, 0.1) is 59.3 Å². The van der Waals surface area contributed by atoms with Crippen molar-refractivity contribution < 1.29 is 57.8 Å². The number of fused-ring (bicyclic) bond motifs is 3. The molecule has 6 atom stereocenters. The molecule has 6 rings (SSSR count). The first-order valence-corrected chi connectivity index (χ1v) is 16.8. The van der Waals surface area contributed by atoms with Crippen molar-refractivity contribution in [1.29, 1.82) is 0 Å². The van der Waals surface area contributed by atoms with E-state index in [4.69, 9.17) is 19.9 Å². The molecule has 1 saturated heterocycles. The number of ketones is 2. The van der Waals surface area contributed by atoms with Gasteiger partial charge >= 0.3 is 0 Å². The van der Waals surface area contributed by atoms with Crippen LogP contribution in [-0.4, -0.2) is 95.1 Å². The molecule has 1 aliphatic heterocycles. The Labute approximate surface area is 280 Å². The van der Waals surface area contributed by atoms with E-state index in [1.54, 1.807) is 13.0 Å². The molecule has 0 radical (unpaired) electrons. The first-order valence-electron chi connectivity index (χ1n) is 15.3. The van der Waals surface area contributed by atoms with Crippen LogP contribution in [0.15, 0.2) is 58.5 Å². The number of aliphatic hydroxyl groups excluding tert-OH is 2. The molecular weight excluding hydrogens is 662 g/mol. The molecule has 0 aromatic heterocycles. The number of ether oxygens (including phenoxy) is 3. The Balaban J connectivity index is 1.49. The van der Waals surface area contributed by atoms with E-state index >= 15 is 0 Å². The molecule has 0 bridgehead atoms. The highest BCUT2D eigenvalue weighted by Gasteiger charge is 2.49. The summed E-state index contributed by atoms with van der Waals surface area (Å²) in [6.45, 7) is 0.599. The maximum absolute atomic E-state index is 13.9. The van der Waals surface area contributed by atoms with Crippen molar-refractivity contribution in [3.63, 3.8) is 0 Å². The minimum atomic E-state index is -4.25. The maximum atomic E-state index is 13.9. The lowest BCUT2D eigenvalue weighted by Crippen LogP contribution is -2.53. The predicted octanol–water partition coefficient (Wildman–Crippen LogP) is 0.767. The molecule has 3 aliphatic rings. The van der Waals surface area contributed by atoms with Gasteiger partial charge in [0.15, 0.2) is 12.1 Å². The van der Waals surface area contributed by atoms with Gasteiger partial charge in [0, 0.05) is 42.0 Å². The molecule has 0 saturated carbocycles. The quantitative estimate of drug-likeness (QED) is 0.0765. The number of nitrogens with one attached hydrogen (secondary N) is 1. The van der Waals surface area contributed by atoms with Gasteiger partial charge in [-0.25, -0.2) is 0 Å². The molecule has 2 aliphatic carbocycles. The van der Waals surface area contributed by atoms with Gasteiger partial charge in [0.25, 0.3) is 10.0 Å². The number of sulfonamides is 1. The van der Waals surface area contributed by atoms with Crippen molar-refractivity contribution in [3.8, 4) is 17.2 Å². The van der Waals surface area contributed by atoms with E-state index in [1.165, 1.54) is 49.6 Å². The Morgan fingerprint density at radius 2 is 1.76 bits per heavy atom. The van der Waals surface area contributed by atoms with Crippen molar-refractivity contribution >= 4 is 27.3 Å². The van der Waals surface area contributed by atoms with Crippen LogP contribution in [0.25, 0.3) is 0 Å². The van der Waals surface area contributed by atoms with Crippen LogP contribution in [0, 0.1) is 0 Å². The number of benzene rings is 3. The number of hydrogen-bond donors (Lipinski definition) is 7. The molecule has 49 heavy (non-hydrogen) atoms. The molecule has 3 aromatic carbocycles. The van der Waals surface area contributed by atoms with Crippen LogP contribution >= 0.6 is 0 Å². The molecule has 15 nitrogen and oxygen atoms in total. The van der Waals surface area contributed by atoms with Gasteiger partial charge in [-0.2, -0.15) is 18.4 Å². The van der Waals surface area contributed by atoms with Crippen molar-refractivity contribution in [3.05, 3.63) is 81.9 Å². The lowest BCUT2D eigenvalue weighted by atomic mass is 9.71. The number of carbonyl (C=O) groups excluding carboxylic acids is 2. The Kier molecular flexibility index (Phi) is 8.99. The van der Waals surface area contributed by atoms with Gasteiger partial charge in [-0.3, -0.25) is 9.59 Å². The number of carbonyl (C=O) groups is 2. The average Bonchev–Trinajstić information content (AvgIpc) is 3.07. The van der Waals surface area contributed by atoms with E-state index in [0.29, 0.717) is 0 Å². The van der Waals surface area contributed by atoms with Gasteiger partial charge in [0.2, 0.25) is 5.78 Å². The maximum Gasteiger partial charge on any atom is 0.276 e. The van der Waals surface area contributed by atoms with Crippen LogP contribution in [-0.2, 0) is 25.9 Å². The first kappa shape index (κ1) is 34.4. The van der Waals surface area contributed by atoms with Gasteiger partial charge in [-0.05, 0) is 25.1 Å². The van der Waals surface area contributed by atoms with E-state index < -0.39 is 106 Å². The Morgan fingerprint density at radius 3 is 2.41 bits per heavy atom. The molecule has 1 heterocycles. The first-order chi connectivity index (χ1) is 23.2. The fourth-order valence-corrected chi connectivity index (χ4v) is 7.52. The van der Waals surface area contributed by atoms with Crippen molar-refractivity contribution in [2.45, 2.75) is 67.3 Å². The fourth-order valence-electron chi connectivity index (χ4n) is 6.66. The molecule has 16 heteroatoms. The third-order valence-corrected chi connectivity index (χ3v) is 10.4. The third-order valence-electron chi connectivity index (χ3n) is 9.18. The highest BCUT2D eigenvalue weighted by molar-refractivity contribution is 7.89. The zero-order valence-corrected chi connectivity index (χ0v) is 27.2. The number of methoxy groups -OCH3 is 1. The number of aromatic hydroxyl groups is 2. The highest BCUT2D eigenvalue weighted by atomic mass is 32.2. The Hall–Kier alpha value is -4.42. The van der Waals surface area contributed by atoms with E-state index in [2.05, 4.69) is 5.10 Å². The largest absolute Gasteiger partial charge is 0.507 e. The summed E-state index contributed by atoms with van der Waals surface area (Å²) < 4.78 is 43.2. The van der Waals surface area contributed by atoms with E-state index in [-0.39, 0.29) is 39.3 Å². The molecule has 1 fully saturated rings. The number of hydrazone groups is 1. The van der Waals surface area contributed by atoms with Crippen LogP contribution < -0.4 is 15.3 Å². The standard InChI is InChI=1S/C33H35N3O12S/c1-15-28(38)19(34)11-23(47-15)48-21-13-33(43,22(14-37)35-36-49(44,45)16-7-4-3-5-8-16)12-18-25(21)32(42)27-26(30(18)40)29(39)17-9-6-10-20(46-2)24(17)31(27)41/h3-10,15,19,21,23,28,36-38,40,42-43H,11-14,34H2,1-2H3/b35-22+/t15-,19-,21-,23-,28+,33-/m0/s1. The number of aliphatic hydroxyl groups is 3. The minimum Gasteiger partial charge on any atom is -0.507 e. The number of phenols is 2. The van der Waals surface area contributed by atoms with Crippen molar-refractivity contribution in [2.24, 2.45) is 10.8 Å². The zero-order valence-electron chi connectivity index (χ0n) is 26.4. The average molecular weight is 698 g/mol. The summed E-state index contributed by atoms with van der Waals surface area (Å²) in [5.41, 5.74) is 1.76. The van der Waals surface area contributed by atoms with Crippen molar-refractivity contribution in [1.82, 2.24) is 4.83 Å². The number of nitrogens with two attached hydrogens (primary N) is 1. The third kappa shape index (κ3) is 5.84. The second kappa shape index (κ2) is 12.8. The van der Waals surface area contributed by atoms with E-state index in [1.807, 2.05) is 4.83 Å². The van der Waals surface area contributed by atoms with Gasteiger partial charge < -0.3 is 45.5 Å². The molecule has 0 amide bonds. The lowest BCUT2D eigenvalue weighted by molar-refractivity contribution is -0.245. The second-order valence-corrected chi connectivity index (χ2v) is 13.9. The SMILES string of the molecule is COc1cccc2c1C(=O)c1c(O)c3c(c(O)c1C2=O)C[C@@](O)(/C(CO)=N/NS(=O)(=O)c1ccccc1)C[C@@H]3O[C@H]1C[C@H](N)[C@H](O)[C@H](C)O1. The van der Waals surface area contributed by atoms with E-state index in [9.17, 15) is 43.5 Å². The normalized spacial score (nSPS) is 26.8. The summed E-state index contributed by atoms with van der Waals surface area (Å²) in [7, 11) is -2.94. The Morgan fingerprint density at radius 1 is 1.06 bits per heavy atom. The van der Waals surface area contributed by atoms with Crippen LogP contribution in [0.4, 0.5) is 0 Å². The molecule has 8 N–H and O–H groups in total. The van der Waals surface area contributed by atoms with Crippen LogP contribution in [0.1, 0.15) is 68.8 Å². The molecule has 0 spiro atoms. The number of hydrogen-bond acceptors (Lipinski definition) is 14. The predicted molar refractivity (Wildman–Crippen MR) is 171 cm³/mol. The molecule has 0 unspecified atom stereocenters. The summed E-state index contributed by atoms with van der Waals surface area (Å²) in [6.07, 6.45) is -5.51. The van der Waals surface area contributed by atoms with Crippen molar-refractivity contribution in [2.75, 3.05) is 13.7 Å². The minimum absolute atomic E-state index is 0.0345. The Bertz CT molecular complexity index is 1960. The summed E-state index contributed by atoms with van der Waals surface area (Å²) in [4.78, 5) is 29.6. The second-order valence-electron chi connectivity index (χ2n) is 12.2. The van der Waals surface area contributed by atoms with Gasteiger partial charge in [-0.15, -0.1) is 0 Å². The molecule has 3 aromatic rings. The van der Waals surface area contributed by atoms with Gasteiger partial charge in [-0.1, -0.05) is 30.3 Å². The molecular formula is C33H35N3O12S. The topological polar surface area (TPSA) is 248 Å². The van der Waals surface area contributed by atoms with Gasteiger partial charge in [0.1, 0.15) is 22.8 Å². The summed E-state index contributed by atoms with van der Waals surface area (Å²) in [5, 5.41) is 60.1. The number of phenolic OH excluding ortho intramolecular Hbond substituents is 2. The van der Waals surface area contributed by atoms with E-state index in [0.717, 1.165) is 0 Å². The monoisotopic (exact) mass is 697 g/mol. The smallest absolute Gasteiger partial charge is 0.276 e. The van der Waals surface area contributed by atoms with Crippen LogP contribution in [0.5, 0.6) is 17.2 Å². The lowest BCUT2D eigenvalue weighted by Gasteiger charge is -2.43.